The topological polar surface area (TPSA) is 110 Å². The Hall–Kier alpha value is -5.35. The first-order chi connectivity index (χ1) is 22.0. The lowest BCUT2D eigenvalue weighted by Gasteiger charge is -2.20. The molecule has 2 atom stereocenters. The van der Waals surface area contributed by atoms with Crippen LogP contribution in [-0.4, -0.2) is 38.8 Å². The summed E-state index contributed by atoms with van der Waals surface area (Å²) in [6.45, 7) is 2.11. The molecule has 3 aromatic carbocycles. The third kappa shape index (κ3) is 5.75. The molecule has 234 valence electrons. The van der Waals surface area contributed by atoms with Gasteiger partial charge in [-0.25, -0.2) is 36.7 Å². The number of halogens is 5. The molecule has 0 bridgehead atoms. The number of nitrogens with zero attached hydrogens (tertiary/aromatic N) is 4. The van der Waals surface area contributed by atoms with Crippen molar-refractivity contribution in [1.82, 2.24) is 14.5 Å². The lowest BCUT2D eigenvalue weighted by atomic mass is 10.0. The van der Waals surface area contributed by atoms with Gasteiger partial charge in [0.15, 0.2) is 5.82 Å². The predicted octanol–water partition coefficient (Wildman–Crippen LogP) is 6.74. The van der Waals surface area contributed by atoms with Gasteiger partial charge in [-0.3, -0.25) is 0 Å². The zero-order valence-corrected chi connectivity index (χ0v) is 24.0. The summed E-state index contributed by atoms with van der Waals surface area (Å²) in [7, 11) is 0. The number of benzene rings is 3. The Balaban J connectivity index is 1.31. The molecule has 1 saturated heterocycles. The number of imidazole rings is 1. The molecule has 3 heterocycles. The van der Waals surface area contributed by atoms with Gasteiger partial charge in [0.25, 0.3) is 5.88 Å². The van der Waals surface area contributed by atoms with E-state index < -0.39 is 53.1 Å². The van der Waals surface area contributed by atoms with Gasteiger partial charge in [0.05, 0.1) is 47.1 Å². The SMILES string of the molecule is C[C@H]1COC[C@H]1n1c(Cc2cc(F)c(-c3ccc(F)c(OCc4cc(F)c(C#N)cc4F)n3)cc2F)nc2ccc(C(=O)O)cc21. The minimum atomic E-state index is -1.12. The highest BCUT2D eigenvalue weighted by Crippen LogP contribution is 2.34. The quantitative estimate of drug-likeness (QED) is 0.188. The summed E-state index contributed by atoms with van der Waals surface area (Å²) in [6, 6.07) is 11.1. The van der Waals surface area contributed by atoms with Crippen LogP contribution in [-0.2, 0) is 17.8 Å². The average molecular weight is 635 g/mol. The molecule has 1 N–H and O–H groups in total. The number of rotatable bonds is 8. The fourth-order valence-electron chi connectivity index (χ4n) is 5.44. The Labute approximate surface area is 258 Å². The number of aromatic carboxylic acids is 1. The first-order valence-electron chi connectivity index (χ1n) is 14.0. The van der Waals surface area contributed by atoms with Crippen LogP contribution in [0.5, 0.6) is 5.88 Å². The number of carbonyl (C=O) groups is 1. The first kappa shape index (κ1) is 30.7. The van der Waals surface area contributed by atoms with E-state index in [4.69, 9.17) is 14.7 Å². The van der Waals surface area contributed by atoms with Gasteiger partial charge >= 0.3 is 5.97 Å². The molecule has 8 nitrogen and oxygen atoms in total. The molecule has 2 aromatic heterocycles. The number of fused-ring (bicyclic) bond motifs is 1. The maximum atomic E-state index is 15.6. The van der Waals surface area contributed by atoms with Crippen molar-refractivity contribution in [3.63, 3.8) is 0 Å². The van der Waals surface area contributed by atoms with E-state index in [1.165, 1.54) is 18.2 Å². The molecule has 0 unspecified atom stereocenters. The minimum absolute atomic E-state index is 0.0419. The summed E-state index contributed by atoms with van der Waals surface area (Å²) in [6.07, 6.45) is -0.138. The number of ether oxygens (including phenoxy) is 2. The van der Waals surface area contributed by atoms with Gasteiger partial charge < -0.3 is 19.1 Å². The van der Waals surface area contributed by atoms with Crippen LogP contribution >= 0.6 is 0 Å². The Morgan fingerprint density at radius 2 is 1.72 bits per heavy atom. The van der Waals surface area contributed by atoms with E-state index in [-0.39, 0.29) is 46.3 Å². The summed E-state index contributed by atoms with van der Waals surface area (Å²) in [5.41, 5.74) is -0.286. The smallest absolute Gasteiger partial charge is 0.335 e. The maximum absolute atomic E-state index is 15.6. The summed E-state index contributed by atoms with van der Waals surface area (Å²) >= 11 is 0. The van der Waals surface area contributed by atoms with Crippen molar-refractivity contribution in [3.05, 3.63) is 112 Å². The molecule has 0 radical (unpaired) electrons. The number of carboxylic acids is 1. The van der Waals surface area contributed by atoms with Gasteiger partial charge in [0, 0.05) is 23.5 Å². The van der Waals surface area contributed by atoms with Crippen LogP contribution < -0.4 is 4.74 Å². The van der Waals surface area contributed by atoms with Crippen LogP contribution in [0.2, 0.25) is 0 Å². The molecule has 5 aromatic rings. The van der Waals surface area contributed by atoms with Crippen LogP contribution in [0, 0.1) is 46.3 Å². The highest BCUT2D eigenvalue weighted by molar-refractivity contribution is 5.92. The average Bonchev–Trinajstić information content (AvgIpc) is 3.61. The van der Waals surface area contributed by atoms with Crippen molar-refractivity contribution < 1.29 is 41.3 Å². The standard InChI is InChI=1S/C33H23F5N4O4/c1-16-13-45-15-30(16)42-29-9-17(33(43)44)2-4-28(29)40-31(42)10-18-6-26(38)21(11-25(18)37)27-5-3-22(34)32(41-27)46-14-20-8-23(35)19(12-39)7-24(20)36/h2-9,11,16,30H,10,13-15H2,1H3,(H,43,44)/t16-,30+/m0/s1. The third-order valence-electron chi connectivity index (χ3n) is 7.86. The number of aromatic nitrogens is 3. The molecular weight excluding hydrogens is 611 g/mol. The zero-order chi connectivity index (χ0) is 32.7. The maximum Gasteiger partial charge on any atom is 0.335 e. The van der Waals surface area contributed by atoms with E-state index >= 15 is 8.78 Å². The van der Waals surface area contributed by atoms with Crippen molar-refractivity contribution in [1.29, 1.82) is 5.26 Å². The molecule has 1 aliphatic heterocycles. The largest absolute Gasteiger partial charge is 0.478 e. The summed E-state index contributed by atoms with van der Waals surface area (Å²) < 4.78 is 86.5. The Kier molecular flexibility index (Phi) is 8.14. The van der Waals surface area contributed by atoms with E-state index in [0.29, 0.717) is 36.1 Å². The number of hydrogen-bond acceptors (Lipinski definition) is 6. The van der Waals surface area contributed by atoms with Gasteiger partial charge in [-0.2, -0.15) is 5.26 Å². The summed E-state index contributed by atoms with van der Waals surface area (Å²) in [5.74, 6) is -5.96. The fraction of sp³-hybridized carbons (Fsp3) is 0.212. The molecule has 6 rings (SSSR count). The van der Waals surface area contributed by atoms with Gasteiger partial charge in [-0.05, 0) is 60.2 Å². The van der Waals surface area contributed by atoms with Crippen LogP contribution in [0.25, 0.3) is 22.3 Å². The van der Waals surface area contributed by atoms with Gasteiger partial charge in [-0.15, -0.1) is 0 Å². The van der Waals surface area contributed by atoms with Crippen LogP contribution in [0.4, 0.5) is 22.0 Å². The minimum Gasteiger partial charge on any atom is -0.478 e. The Bertz CT molecular complexity index is 2060. The summed E-state index contributed by atoms with van der Waals surface area (Å²) in [5, 5.41) is 18.4. The van der Waals surface area contributed by atoms with Gasteiger partial charge in [0.1, 0.15) is 41.8 Å². The lowest BCUT2D eigenvalue weighted by Crippen LogP contribution is -2.18. The first-order valence-corrected chi connectivity index (χ1v) is 14.0. The van der Waals surface area contributed by atoms with Crippen molar-refractivity contribution in [2.24, 2.45) is 5.92 Å². The van der Waals surface area contributed by atoms with E-state index in [0.717, 1.165) is 30.3 Å². The molecule has 1 aliphatic rings. The molecule has 0 spiro atoms. The molecule has 0 saturated carbocycles. The number of nitriles is 1. The third-order valence-corrected chi connectivity index (χ3v) is 7.86. The fourth-order valence-corrected chi connectivity index (χ4v) is 5.44. The number of carboxylic acid groups (broad SMARTS) is 1. The van der Waals surface area contributed by atoms with Crippen molar-refractivity contribution in [2.75, 3.05) is 13.2 Å². The Morgan fingerprint density at radius 1 is 0.957 bits per heavy atom. The van der Waals surface area contributed by atoms with E-state index in [9.17, 15) is 23.1 Å². The van der Waals surface area contributed by atoms with E-state index in [2.05, 4.69) is 9.97 Å². The normalized spacial score (nSPS) is 16.1. The number of hydrogen-bond donors (Lipinski definition) is 1. The van der Waals surface area contributed by atoms with Gasteiger partial charge in [-0.1, -0.05) is 6.92 Å². The highest BCUT2D eigenvalue weighted by atomic mass is 19.1. The Morgan fingerprint density at radius 3 is 2.43 bits per heavy atom. The van der Waals surface area contributed by atoms with Crippen molar-refractivity contribution in [2.45, 2.75) is 26.0 Å². The predicted molar refractivity (Wildman–Crippen MR) is 153 cm³/mol. The van der Waals surface area contributed by atoms with E-state index in [1.807, 2.05) is 11.5 Å². The second-order valence-electron chi connectivity index (χ2n) is 10.9. The van der Waals surface area contributed by atoms with Crippen LogP contribution in [0.1, 0.15) is 45.8 Å². The van der Waals surface area contributed by atoms with Crippen molar-refractivity contribution >= 4 is 17.0 Å². The molecule has 1 fully saturated rings. The molecule has 46 heavy (non-hydrogen) atoms. The molecule has 13 heteroatoms. The van der Waals surface area contributed by atoms with Crippen LogP contribution in [0.15, 0.2) is 54.6 Å². The number of pyridine rings is 1. The van der Waals surface area contributed by atoms with Crippen molar-refractivity contribution in [3.8, 4) is 23.2 Å². The second kappa shape index (κ2) is 12.2. The zero-order valence-electron chi connectivity index (χ0n) is 24.0. The van der Waals surface area contributed by atoms with E-state index in [1.54, 1.807) is 6.07 Å². The molecule has 0 amide bonds. The second-order valence-corrected chi connectivity index (χ2v) is 10.9. The van der Waals surface area contributed by atoms with Crippen LogP contribution in [0.3, 0.4) is 0 Å². The lowest BCUT2D eigenvalue weighted by molar-refractivity contribution is 0.0697. The van der Waals surface area contributed by atoms with Gasteiger partial charge in [0.2, 0.25) is 0 Å². The molecular formula is C33H23F5N4O4. The monoisotopic (exact) mass is 634 g/mol. The highest BCUT2D eigenvalue weighted by Gasteiger charge is 2.30. The molecule has 0 aliphatic carbocycles. The summed E-state index contributed by atoms with van der Waals surface area (Å²) in [4.78, 5) is 20.2.